The average Bonchev–Trinajstić information content (AvgIpc) is 2.39. The second-order valence-corrected chi connectivity index (χ2v) is 3.72. The Balaban J connectivity index is 5.01. The van der Waals surface area contributed by atoms with Crippen molar-refractivity contribution >= 4 is 0 Å². The molecule has 0 unspecified atom stereocenters. The van der Waals surface area contributed by atoms with Crippen LogP contribution in [0.25, 0.3) is 0 Å². The predicted molar refractivity (Wildman–Crippen MR) is 76.4 cm³/mol. The molecule has 0 saturated heterocycles. The van der Waals surface area contributed by atoms with Gasteiger partial charge in [0.2, 0.25) is 0 Å². The fraction of sp³-hybridized carbons (Fsp3) is 0.333. The third-order valence-electron chi connectivity index (χ3n) is 2.62. The molecule has 0 bridgehead atoms. The van der Waals surface area contributed by atoms with E-state index in [9.17, 15) is 0 Å². The summed E-state index contributed by atoms with van der Waals surface area (Å²) in [7, 11) is 0. The molecule has 0 atom stereocenters. The van der Waals surface area contributed by atoms with Crippen molar-refractivity contribution in [3.05, 3.63) is 0 Å². The molecule has 0 heterocycles. The second-order valence-electron chi connectivity index (χ2n) is 3.72. The van der Waals surface area contributed by atoms with E-state index >= 15 is 0 Å². The topological polar surface area (TPSA) is 0 Å². The average molecular weight is 230 g/mol. The molecule has 0 fully saturated rings. The van der Waals surface area contributed by atoms with Crippen LogP contribution in [0.4, 0.5) is 0 Å². The van der Waals surface area contributed by atoms with E-state index < -0.39 is 0 Å². The van der Waals surface area contributed by atoms with Crippen LogP contribution in [0.5, 0.6) is 0 Å². The Labute approximate surface area is 111 Å². The van der Waals surface area contributed by atoms with E-state index in [1.165, 1.54) is 0 Å². The lowest BCUT2D eigenvalue weighted by Crippen LogP contribution is -2.18. The fourth-order valence-corrected chi connectivity index (χ4v) is 1.41. The molecule has 0 radical (unpaired) electrons. The SMILES string of the molecule is C#CC#CCC(CC)(CC#CC#C)CC#CC#C. The molecule has 18 heavy (non-hydrogen) atoms. The number of rotatable bonds is 4. The molecule has 0 aliphatic heterocycles. The zero-order valence-corrected chi connectivity index (χ0v) is 10.6. The maximum absolute atomic E-state index is 5.11. The van der Waals surface area contributed by atoms with Gasteiger partial charge in [-0.3, -0.25) is 0 Å². The van der Waals surface area contributed by atoms with E-state index in [4.69, 9.17) is 19.3 Å². The maximum Gasteiger partial charge on any atom is 0.0174 e. The summed E-state index contributed by atoms with van der Waals surface area (Å²) in [4.78, 5) is 0. The molecule has 0 nitrogen and oxygen atoms in total. The second kappa shape index (κ2) is 9.58. The van der Waals surface area contributed by atoms with E-state index in [-0.39, 0.29) is 5.41 Å². The van der Waals surface area contributed by atoms with Crippen LogP contribution < -0.4 is 0 Å². The Hall–Kier alpha value is -2.64. The molecule has 86 valence electrons. The van der Waals surface area contributed by atoms with Crippen LogP contribution in [0.15, 0.2) is 0 Å². The minimum absolute atomic E-state index is 0.114. The molecule has 0 saturated carbocycles. The van der Waals surface area contributed by atoms with E-state index in [2.05, 4.69) is 60.2 Å². The van der Waals surface area contributed by atoms with Crippen molar-refractivity contribution in [2.45, 2.75) is 32.6 Å². The highest BCUT2D eigenvalue weighted by Gasteiger charge is 2.25. The monoisotopic (exact) mass is 230 g/mol. The normalized spacial score (nSPS) is 7.67. The standard InChI is InChI=1S/C18H14/c1-5-9-12-15-18(8-4,16-13-10-6-2)17-14-11-7-3/h1-3H,8,15-17H2,4H3. The molecule has 0 aliphatic rings. The van der Waals surface area contributed by atoms with Crippen molar-refractivity contribution in [1.29, 1.82) is 0 Å². The van der Waals surface area contributed by atoms with E-state index in [0.717, 1.165) is 6.42 Å². The lowest BCUT2D eigenvalue weighted by molar-refractivity contribution is 0.299. The van der Waals surface area contributed by atoms with E-state index in [1.807, 2.05) is 0 Å². The number of hydrogen-bond donors (Lipinski definition) is 0. The summed E-state index contributed by atoms with van der Waals surface area (Å²) in [6, 6.07) is 0. The van der Waals surface area contributed by atoms with Crippen LogP contribution in [0.3, 0.4) is 0 Å². The summed E-state index contributed by atoms with van der Waals surface area (Å²) in [5.41, 5.74) is -0.114. The molecule has 0 aromatic rings. The Bertz CT molecular complexity index is 479. The first-order valence-corrected chi connectivity index (χ1v) is 5.55. The van der Waals surface area contributed by atoms with E-state index in [1.54, 1.807) is 0 Å². The molecule has 0 heteroatoms. The Morgan fingerprint density at radius 3 is 1.28 bits per heavy atom. The molecule has 0 aromatic carbocycles. The van der Waals surface area contributed by atoms with Gasteiger partial charge in [0.25, 0.3) is 0 Å². The first kappa shape index (κ1) is 15.4. The van der Waals surface area contributed by atoms with Gasteiger partial charge in [-0.2, -0.15) is 0 Å². The summed E-state index contributed by atoms with van der Waals surface area (Å²) in [5, 5.41) is 0. The van der Waals surface area contributed by atoms with Gasteiger partial charge in [-0.05, 0) is 41.9 Å². The quantitative estimate of drug-likeness (QED) is 0.651. The van der Waals surface area contributed by atoms with Crippen molar-refractivity contribution in [1.82, 2.24) is 0 Å². The zero-order valence-electron chi connectivity index (χ0n) is 10.6. The van der Waals surface area contributed by atoms with Crippen LogP contribution in [0, 0.1) is 78.0 Å². The summed E-state index contributed by atoms with van der Waals surface area (Å²) >= 11 is 0. The molecule has 0 aromatic heterocycles. The Morgan fingerprint density at radius 2 is 1.06 bits per heavy atom. The highest BCUT2D eigenvalue weighted by molar-refractivity contribution is 5.27. The first-order chi connectivity index (χ1) is 8.74. The summed E-state index contributed by atoms with van der Waals surface area (Å²) in [6.07, 6.45) is 18.2. The van der Waals surface area contributed by atoms with Crippen molar-refractivity contribution in [3.8, 4) is 72.6 Å². The van der Waals surface area contributed by atoms with Gasteiger partial charge in [0.05, 0.1) is 0 Å². The summed E-state index contributed by atoms with van der Waals surface area (Å²) in [6.45, 7) is 2.08. The summed E-state index contributed by atoms with van der Waals surface area (Å²) in [5.74, 6) is 23.6. The minimum Gasteiger partial charge on any atom is -0.106 e. The minimum atomic E-state index is -0.114. The van der Waals surface area contributed by atoms with Gasteiger partial charge < -0.3 is 0 Å². The molecular formula is C18H14. The van der Waals surface area contributed by atoms with Crippen LogP contribution >= 0.6 is 0 Å². The smallest absolute Gasteiger partial charge is 0.0174 e. The summed E-state index contributed by atoms with van der Waals surface area (Å²) < 4.78 is 0. The number of hydrogen-bond acceptors (Lipinski definition) is 0. The van der Waals surface area contributed by atoms with Crippen molar-refractivity contribution < 1.29 is 0 Å². The molecule has 0 amide bonds. The van der Waals surface area contributed by atoms with Crippen molar-refractivity contribution in [2.75, 3.05) is 0 Å². The fourth-order valence-electron chi connectivity index (χ4n) is 1.41. The molecule has 0 rings (SSSR count). The van der Waals surface area contributed by atoms with Gasteiger partial charge in [0, 0.05) is 24.7 Å². The van der Waals surface area contributed by atoms with Gasteiger partial charge in [-0.1, -0.05) is 24.7 Å². The highest BCUT2D eigenvalue weighted by atomic mass is 14.3. The lowest BCUT2D eigenvalue weighted by Gasteiger charge is -2.26. The lowest BCUT2D eigenvalue weighted by atomic mass is 9.76. The number of terminal acetylenes is 3. The van der Waals surface area contributed by atoms with Crippen molar-refractivity contribution in [3.63, 3.8) is 0 Å². The third-order valence-corrected chi connectivity index (χ3v) is 2.62. The van der Waals surface area contributed by atoms with Crippen LogP contribution in [-0.4, -0.2) is 0 Å². The highest BCUT2D eigenvalue weighted by Crippen LogP contribution is 2.33. The Kier molecular flexibility index (Phi) is 8.17. The van der Waals surface area contributed by atoms with Gasteiger partial charge in [0.15, 0.2) is 0 Å². The predicted octanol–water partition coefficient (Wildman–Crippen LogP) is 2.46. The Morgan fingerprint density at radius 1 is 0.722 bits per heavy atom. The first-order valence-electron chi connectivity index (χ1n) is 5.55. The molecule has 0 aliphatic carbocycles. The van der Waals surface area contributed by atoms with Gasteiger partial charge in [-0.25, -0.2) is 0 Å². The third kappa shape index (κ3) is 6.05. The van der Waals surface area contributed by atoms with Crippen LogP contribution in [0.1, 0.15) is 32.6 Å². The molecular weight excluding hydrogens is 216 g/mol. The molecule has 0 spiro atoms. The van der Waals surface area contributed by atoms with Gasteiger partial charge in [0.1, 0.15) is 0 Å². The van der Waals surface area contributed by atoms with Gasteiger partial charge in [-0.15, -0.1) is 19.3 Å². The molecule has 0 N–H and O–H groups in total. The van der Waals surface area contributed by atoms with E-state index in [0.29, 0.717) is 19.3 Å². The van der Waals surface area contributed by atoms with Crippen LogP contribution in [0.2, 0.25) is 0 Å². The zero-order chi connectivity index (χ0) is 13.7. The van der Waals surface area contributed by atoms with Gasteiger partial charge >= 0.3 is 0 Å². The maximum atomic E-state index is 5.11. The van der Waals surface area contributed by atoms with Crippen LogP contribution in [-0.2, 0) is 0 Å². The largest absolute Gasteiger partial charge is 0.106 e. The van der Waals surface area contributed by atoms with Crippen molar-refractivity contribution in [2.24, 2.45) is 5.41 Å².